The molecule has 1 aliphatic carbocycles. The highest BCUT2D eigenvalue weighted by Crippen LogP contribution is 2.29. The Hall–Kier alpha value is -3.11. The van der Waals surface area contributed by atoms with Crippen LogP contribution in [0.1, 0.15) is 25.7 Å². The lowest BCUT2D eigenvalue weighted by atomic mass is 10.2. The number of hydrogen-bond acceptors (Lipinski definition) is 7. The third-order valence-corrected chi connectivity index (χ3v) is 6.67. The molecule has 11 heteroatoms. The lowest BCUT2D eigenvalue weighted by molar-refractivity contribution is -0.384. The Bertz CT molecular complexity index is 1160. The Balaban J connectivity index is 1.36. The highest BCUT2D eigenvalue weighted by Gasteiger charge is 2.18. The van der Waals surface area contributed by atoms with E-state index in [0.717, 1.165) is 24.2 Å². The summed E-state index contributed by atoms with van der Waals surface area (Å²) < 4.78 is 7.82. The third-order valence-electron chi connectivity index (χ3n) is 5.32. The molecule has 1 N–H and O–H groups in total. The summed E-state index contributed by atoms with van der Waals surface area (Å²) in [5.41, 5.74) is 0.929. The maximum absolute atomic E-state index is 12.4. The molecule has 1 amide bonds. The van der Waals surface area contributed by atoms with E-state index < -0.39 is 4.92 Å². The second-order valence-corrected chi connectivity index (χ2v) is 9.02. The number of halogens is 1. The van der Waals surface area contributed by atoms with Crippen LogP contribution in [0.2, 0.25) is 5.02 Å². The van der Waals surface area contributed by atoms with Crippen molar-refractivity contribution in [1.29, 1.82) is 0 Å². The molecule has 0 radical (unpaired) electrons. The monoisotopic (exact) mass is 487 g/mol. The van der Waals surface area contributed by atoms with Crippen LogP contribution >= 0.6 is 23.4 Å². The van der Waals surface area contributed by atoms with Crippen molar-refractivity contribution in [1.82, 2.24) is 14.8 Å². The number of carbonyl (C=O) groups excluding carboxylic acids is 1. The van der Waals surface area contributed by atoms with Crippen LogP contribution in [0, 0.1) is 10.1 Å². The maximum Gasteiger partial charge on any atom is 0.271 e. The molecule has 0 unspecified atom stereocenters. The van der Waals surface area contributed by atoms with E-state index in [-0.39, 0.29) is 28.1 Å². The van der Waals surface area contributed by atoms with Crippen LogP contribution in [0.5, 0.6) is 5.75 Å². The Morgan fingerprint density at radius 2 is 1.97 bits per heavy atom. The fourth-order valence-electron chi connectivity index (χ4n) is 3.61. The van der Waals surface area contributed by atoms with Crippen LogP contribution in [0.3, 0.4) is 0 Å². The molecule has 1 aliphatic rings. The minimum Gasteiger partial charge on any atom is -0.490 e. The number of ether oxygens (including phenoxy) is 1. The second-order valence-electron chi connectivity index (χ2n) is 7.67. The fraction of sp³-hybridized carbons (Fsp3) is 0.318. The van der Waals surface area contributed by atoms with Crippen molar-refractivity contribution in [2.75, 3.05) is 11.1 Å². The van der Waals surface area contributed by atoms with Gasteiger partial charge in [-0.25, -0.2) is 0 Å². The van der Waals surface area contributed by atoms with Gasteiger partial charge in [0, 0.05) is 24.7 Å². The molecule has 0 saturated heterocycles. The number of carbonyl (C=O) groups is 1. The summed E-state index contributed by atoms with van der Waals surface area (Å²) in [7, 11) is 1.83. The van der Waals surface area contributed by atoms with E-state index in [0.29, 0.717) is 17.1 Å². The van der Waals surface area contributed by atoms with Crippen molar-refractivity contribution in [2.45, 2.75) is 36.9 Å². The van der Waals surface area contributed by atoms with E-state index in [1.165, 1.54) is 42.8 Å². The SMILES string of the molecule is Cn1c(SCC(=O)Nc2cc([N+](=O)[O-])ccc2Cl)nnc1-c1ccc(OC2CCCC2)cc1. The van der Waals surface area contributed by atoms with Gasteiger partial charge in [-0.05, 0) is 56.0 Å². The van der Waals surface area contributed by atoms with Crippen molar-refractivity contribution in [2.24, 2.45) is 7.05 Å². The minimum absolute atomic E-state index is 0.0408. The van der Waals surface area contributed by atoms with Crippen LogP contribution in [-0.4, -0.2) is 37.5 Å². The second kappa shape index (κ2) is 10.2. The molecule has 0 atom stereocenters. The van der Waals surface area contributed by atoms with Gasteiger partial charge < -0.3 is 14.6 Å². The first kappa shape index (κ1) is 23.1. The van der Waals surface area contributed by atoms with Crippen molar-refractivity contribution in [3.8, 4) is 17.1 Å². The molecule has 9 nitrogen and oxygen atoms in total. The lowest BCUT2D eigenvalue weighted by Gasteiger charge is -2.13. The standard InChI is InChI=1S/C22H22ClN5O4S/c1-27-21(14-6-9-17(10-7-14)32-16-4-2-3-5-16)25-26-22(27)33-13-20(29)24-19-12-15(28(30)31)8-11-18(19)23/h6-12,16H,2-5,13H2,1H3,(H,24,29). The summed E-state index contributed by atoms with van der Waals surface area (Å²) in [6.45, 7) is 0. The summed E-state index contributed by atoms with van der Waals surface area (Å²) in [5.74, 6) is 1.20. The quantitative estimate of drug-likeness (QED) is 0.267. The molecule has 0 aliphatic heterocycles. The van der Waals surface area contributed by atoms with Gasteiger partial charge in [0.05, 0.1) is 27.5 Å². The van der Waals surface area contributed by atoms with Gasteiger partial charge in [-0.15, -0.1) is 10.2 Å². The number of nitrogens with one attached hydrogen (secondary N) is 1. The number of nitrogens with zero attached hydrogens (tertiary/aromatic N) is 4. The zero-order valence-electron chi connectivity index (χ0n) is 17.9. The molecule has 33 heavy (non-hydrogen) atoms. The molecule has 1 heterocycles. The minimum atomic E-state index is -0.546. The summed E-state index contributed by atoms with van der Waals surface area (Å²) >= 11 is 7.24. The number of nitro benzene ring substituents is 1. The number of nitro groups is 1. The van der Waals surface area contributed by atoms with Crippen LogP contribution in [0.25, 0.3) is 11.4 Å². The third kappa shape index (κ3) is 5.63. The number of aromatic nitrogens is 3. The molecule has 2 aromatic carbocycles. The molecule has 1 saturated carbocycles. The van der Waals surface area contributed by atoms with Gasteiger partial charge in [0.1, 0.15) is 5.75 Å². The van der Waals surface area contributed by atoms with Crippen molar-refractivity contribution in [3.05, 3.63) is 57.6 Å². The van der Waals surface area contributed by atoms with Crippen LogP contribution in [-0.2, 0) is 11.8 Å². The van der Waals surface area contributed by atoms with Crippen molar-refractivity contribution < 1.29 is 14.5 Å². The molecule has 0 spiro atoms. The molecule has 3 aromatic rings. The number of rotatable bonds is 8. The summed E-state index contributed by atoms with van der Waals surface area (Å²) in [4.78, 5) is 22.7. The molecular weight excluding hydrogens is 466 g/mol. The van der Waals surface area contributed by atoms with E-state index in [2.05, 4.69) is 15.5 Å². The first-order valence-electron chi connectivity index (χ1n) is 10.4. The summed E-state index contributed by atoms with van der Waals surface area (Å²) in [6, 6.07) is 11.6. The number of amides is 1. The Labute approximate surface area is 199 Å². The Kier molecular flexibility index (Phi) is 7.14. The van der Waals surface area contributed by atoms with Crippen molar-refractivity contribution in [3.63, 3.8) is 0 Å². The molecule has 4 rings (SSSR count). The van der Waals surface area contributed by atoms with Gasteiger partial charge in [0.2, 0.25) is 5.91 Å². The number of hydrogen-bond donors (Lipinski definition) is 1. The molecule has 0 bridgehead atoms. The topological polar surface area (TPSA) is 112 Å². The molecule has 172 valence electrons. The van der Waals surface area contributed by atoms with Crippen LogP contribution in [0.15, 0.2) is 47.6 Å². The summed E-state index contributed by atoms with van der Waals surface area (Å²) in [5, 5.41) is 22.8. The highest BCUT2D eigenvalue weighted by atomic mass is 35.5. The molecule has 1 aromatic heterocycles. The smallest absolute Gasteiger partial charge is 0.271 e. The van der Waals surface area contributed by atoms with E-state index >= 15 is 0 Å². The lowest BCUT2D eigenvalue weighted by Crippen LogP contribution is -2.15. The fourth-order valence-corrected chi connectivity index (χ4v) is 4.49. The number of thioether (sulfide) groups is 1. The number of non-ortho nitro benzene ring substituents is 1. The predicted molar refractivity (Wildman–Crippen MR) is 127 cm³/mol. The van der Waals surface area contributed by atoms with E-state index in [9.17, 15) is 14.9 Å². The van der Waals surface area contributed by atoms with Gasteiger partial charge in [-0.2, -0.15) is 0 Å². The Morgan fingerprint density at radius 3 is 2.67 bits per heavy atom. The van der Waals surface area contributed by atoms with Gasteiger partial charge in [0.25, 0.3) is 5.69 Å². The average molecular weight is 488 g/mol. The maximum atomic E-state index is 12.4. The van der Waals surface area contributed by atoms with Gasteiger partial charge in [-0.1, -0.05) is 23.4 Å². The van der Waals surface area contributed by atoms with Crippen LogP contribution < -0.4 is 10.1 Å². The Morgan fingerprint density at radius 1 is 1.24 bits per heavy atom. The highest BCUT2D eigenvalue weighted by molar-refractivity contribution is 7.99. The molecular formula is C22H22ClN5O4S. The zero-order chi connectivity index (χ0) is 23.4. The predicted octanol–water partition coefficient (Wildman–Crippen LogP) is 5.10. The zero-order valence-corrected chi connectivity index (χ0v) is 19.4. The van der Waals surface area contributed by atoms with E-state index in [1.807, 2.05) is 35.9 Å². The van der Waals surface area contributed by atoms with Crippen LogP contribution in [0.4, 0.5) is 11.4 Å². The number of anilines is 1. The van der Waals surface area contributed by atoms with Gasteiger partial charge in [-0.3, -0.25) is 14.9 Å². The van der Waals surface area contributed by atoms with E-state index in [1.54, 1.807) is 0 Å². The van der Waals surface area contributed by atoms with E-state index in [4.69, 9.17) is 16.3 Å². The number of benzene rings is 2. The molecule has 1 fully saturated rings. The van der Waals surface area contributed by atoms with Gasteiger partial charge in [0.15, 0.2) is 11.0 Å². The van der Waals surface area contributed by atoms with Crippen molar-refractivity contribution >= 4 is 40.6 Å². The average Bonchev–Trinajstić information content (AvgIpc) is 3.44. The summed E-state index contributed by atoms with van der Waals surface area (Å²) in [6.07, 6.45) is 4.95. The normalized spacial score (nSPS) is 13.8. The largest absolute Gasteiger partial charge is 0.490 e. The first-order valence-corrected chi connectivity index (χ1v) is 11.8. The first-order chi connectivity index (χ1) is 15.9. The van der Waals surface area contributed by atoms with Gasteiger partial charge >= 0.3 is 0 Å².